The fraction of sp³-hybridized carbons (Fsp3) is 0.0769. The van der Waals surface area contributed by atoms with Crippen LogP contribution in [0.4, 0.5) is 36.4 Å². The summed E-state index contributed by atoms with van der Waals surface area (Å²) in [7, 11) is 0. The molecule has 0 saturated carbocycles. The van der Waals surface area contributed by atoms with Crippen molar-refractivity contribution in [2.75, 3.05) is 5.43 Å². The van der Waals surface area contributed by atoms with Crippen molar-refractivity contribution in [3.63, 3.8) is 0 Å². The van der Waals surface area contributed by atoms with Crippen molar-refractivity contribution >= 4 is 5.69 Å². The van der Waals surface area contributed by atoms with Crippen LogP contribution in [0.1, 0.15) is 0 Å². The van der Waals surface area contributed by atoms with E-state index in [1.165, 1.54) is 5.43 Å². The Morgan fingerprint density at radius 3 is 1.70 bits per heavy atom. The molecule has 0 unspecified atom stereocenters. The van der Waals surface area contributed by atoms with Gasteiger partial charge < -0.3 is 10.2 Å². The van der Waals surface area contributed by atoms with E-state index in [2.05, 4.69) is 4.74 Å². The minimum absolute atomic E-state index is 0.393. The second-order valence-corrected chi connectivity index (χ2v) is 4.22. The summed E-state index contributed by atoms with van der Waals surface area (Å²) in [5.74, 6) is -2.92. The lowest BCUT2D eigenvalue weighted by atomic mass is 10.0. The van der Waals surface area contributed by atoms with E-state index in [0.717, 1.165) is 24.3 Å². The Labute approximate surface area is 124 Å². The maximum atomic E-state index is 13.9. The number of hydrogen-bond donors (Lipinski definition) is 2. The van der Waals surface area contributed by atoms with Crippen LogP contribution >= 0.6 is 0 Å². The smallest absolute Gasteiger partial charge is 0.406 e. The molecular weight excluding hydrogens is 333 g/mol. The molecule has 3 nitrogen and oxygen atoms in total. The van der Waals surface area contributed by atoms with Crippen LogP contribution in [-0.2, 0) is 0 Å². The normalized spacial score (nSPS) is 11.5. The third-order valence-electron chi connectivity index (χ3n) is 2.78. The number of ether oxygens (including phenoxy) is 1. The van der Waals surface area contributed by atoms with E-state index in [1.54, 1.807) is 0 Å². The number of nitrogens with two attached hydrogens (primary N) is 1. The largest absolute Gasteiger partial charge is 0.573 e. The highest BCUT2D eigenvalue weighted by Crippen LogP contribution is 2.35. The predicted molar refractivity (Wildman–Crippen MR) is 66.2 cm³/mol. The Morgan fingerprint density at radius 1 is 0.826 bits per heavy atom. The summed E-state index contributed by atoms with van der Waals surface area (Å²) in [5.41, 5.74) is -1.20. The van der Waals surface area contributed by atoms with Crippen LogP contribution in [0, 0.1) is 23.3 Å². The van der Waals surface area contributed by atoms with Gasteiger partial charge in [0, 0.05) is 0 Å². The van der Waals surface area contributed by atoms with Crippen molar-refractivity contribution in [1.82, 2.24) is 0 Å². The molecule has 23 heavy (non-hydrogen) atoms. The number of benzene rings is 2. The van der Waals surface area contributed by atoms with Gasteiger partial charge in [-0.1, -0.05) is 12.1 Å². The first-order valence-electron chi connectivity index (χ1n) is 5.84. The van der Waals surface area contributed by atoms with Crippen molar-refractivity contribution in [1.29, 1.82) is 0 Å². The van der Waals surface area contributed by atoms with E-state index in [1.807, 2.05) is 0 Å². The van der Waals surface area contributed by atoms with Gasteiger partial charge in [0.25, 0.3) is 0 Å². The lowest BCUT2D eigenvalue weighted by Gasteiger charge is -2.13. The Morgan fingerprint density at radius 2 is 1.30 bits per heavy atom. The Kier molecular flexibility index (Phi) is 4.37. The summed E-state index contributed by atoms with van der Waals surface area (Å²) in [6, 6.07) is 3.12. The second-order valence-electron chi connectivity index (χ2n) is 4.22. The van der Waals surface area contributed by atoms with Crippen LogP contribution in [0.2, 0.25) is 0 Å². The van der Waals surface area contributed by atoms with Crippen molar-refractivity contribution < 1.29 is 35.5 Å². The first-order chi connectivity index (χ1) is 10.7. The third kappa shape index (κ3) is 3.31. The zero-order valence-electron chi connectivity index (χ0n) is 10.9. The summed E-state index contributed by atoms with van der Waals surface area (Å²) in [6.45, 7) is 0. The molecule has 2 rings (SSSR count). The molecule has 0 spiro atoms. The molecule has 0 heterocycles. The molecule has 0 aliphatic carbocycles. The van der Waals surface area contributed by atoms with E-state index >= 15 is 0 Å². The highest BCUT2D eigenvalue weighted by atomic mass is 19.4. The molecule has 10 heteroatoms. The molecule has 0 amide bonds. The average molecular weight is 340 g/mol. The van der Waals surface area contributed by atoms with E-state index in [-0.39, 0.29) is 0 Å². The molecule has 0 atom stereocenters. The molecule has 3 N–H and O–H groups in total. The Hall–Kier alpha value is -2.49. The maximum absolute atomic E-state index is 13.9. The van der Waals surface area contributed by atoms with Gasteiger partial charge in [-0.2, -0.15) is 0 Å². The van der Waals surface area contributed by atoms with Crippen molar-refractivity contribution in [3.8, 4) is 16.9 Å². The number of alkyl halides is 3. The lowest BCUT2D eigenvalue weighted by molar-refractivity contribution is -0.274. The zero-order valence-corrected chi connectivity index (χ0v) is 10.9. The van der Waals surface area contributed by atoms with Gasteiger partial charge >= 0.3 is 6.36 Å². The van der Waals surface area contributed by atoms with Crippen molar-refractivity contribution in [2.24, 2.45) is 5.84 Å². The zero-order chi connectivity index (χ0) is 17.4. The van der Waals surface area contributed by atoms with E-state index in [4.69, 9.17) is 5.84 Å². The van der Waals surface area contributed by atoms with Gasteiger partial charge in [0.05, 0.1) is 5.56 Å². The number of halogens is 7. The topological polar surface area (TPSA) is 47.3 Å². The predicted octanol–water partition coefficient (Wildman–Crippen LogP) is 4.09. The molecule has 0 aliphatic heterocycles. The number of nitrogens with one attached hydrogen (secondary N) is 1. The summed E-state index contributed by atoms with van der Waals surface area (Å²) in [5, 5.41) is 0. The molecule has 124 valence electrons. The lowest BCUT2D eigenvalue weighted by Crippen LogP contribution is -2.17. The van der Waals surface area contributed by atoms with Gasteiger partial charge in [-0.15, -0.1) is 13.2 Å². The van der Waals surface area contributed by atoms with Gasteiger partial charge in [-0.25, -0.2) is 17.6 Å². The Bertz CT molecular complexity index is 700. The van der Waals surface area contributed by atoms with Gasteiger partial charge in [-0.05, 0) is 17.7 Å². The molecule has 0 aromatic heterocycles. The van der Waals surface area contributed by atoms with Crippen molar-refractivity contribution in [3.05, 3.63) is 47.5 Å². The molecule has 0 saturated heterocycles. The number of anilines is 1. The van der Waals surface area contributed by atoms with E-state index < -0.39 is 52.2 Å². The maximum Gasteiger partial charge on any atom is 0.573 e. The van der Waals surface area contributed by atoms with Crippen LogP contribution in [-0.4, -0.2) is 6.36 Å². The summed E-state index contributed by atoms with van der Waals surface area (Å²) in [6.07, 6.45) is -4.95. The second kappa shape index (κ2) is 5.95. The van der Waals surface area contributed by atoms with Crippen LogP contribution in [0.3, 0.4) is 0 Å². The molecule has 0 radical (unpaired) electrons. The number of hydrazine groups is 1. The minimum atomic E-state index is -4.95. The molecule has 2 aromatic rings. The van der Waals surface area contributed by atoms with Crippen LogP contribution in [0.25, 0.3) is 11.1 Å². The fourth-order valence-corrected chi connectivity index (χ4v) is 1.84. The van der Waals surface area contributed by atoms with E-state index in [0.29, 0.717) is 0 Å². The number of nitrogen functional groups attached to an aromatic ring is 1. The van der Waals surface area contributed by atoms with Crippen LogP contribution in [0.5, 0.6) is 5.75 Å². The van der Waals surface area contributed by atoms with Gasteiger partial charge in [-0.3, -0.25) is 5.84 Å². The summed E-state index contributed by atoms with van der Waals surface area (Å²) < 4.78 is 94.5. The van der Waals surface area contributed by atoms with E-state index in [9.17, 15) is 30.7 Å². The summed E-state index contributed by atoms with van der Waals surface area (Å²) >= 11 is 0. The number of hydrogen-bond acceptors (Lipinski definition) is 3. The quantitative estimate of drug-likeness (QED) is 0.383. The van der Waals surface area contributed by atoms with Crippen molar-refractivity contribution in [2.45, 2.75) is 6.36 Å². The molecule has 0 fully saturated rings. The molecular formula is C13H7F7N2O. The minimum Gasteiger partial charge on any atom is -0.406 e. The monoisotopic (exact) mass is 340 g/mol. The highest BCUT2D eigenvalue weighted by molar-refractivity contribution is 5.69. The average Bonchev–Trinajstić information content (AvgIpc) is 2.46. The van der Waals surface area contributed by atoms with Crippen LogP contribution in [0.15, 0.2) is 24.3 Å². The molecule has 2 aromatic carbocycles. The summed E-state index contributed by atoms with van der Waals surface area (Å²) in [4.78, 5) is 0. The van der Waals surface area contributed by atoms with Gasteiger partial charge in [0.15, 0.2) is 23.3 Å². The SMILES string of the molecule is NNc1c(F)c(F)c(-c2ccc(OC(F)(F)F)cc2)c(F)c1F. The molecule has 0 aliphatic rings. The fourth-order valence-electron chi connectivity index (χ4n) is 1.84. The number of rotatable bonds is 3. The molecule has 0 bridgehead atoms. The first kappa shape index (κ1) is 16.9. The Balaban J connectivity index is 2.51. The van der Waals surface area contributed by atoms with Crippen LogP contribution < -0.4 is 16.0 Å². The van der Waals surface area contributed by atoms with Gasteiger partial charge in [0.2, 0.25) is 0 Å². The third-order valence-corrected chi connectivity index (χ3v) is 2.78. The standard InChI is InChI=1S/C13H7F7N2O/c14-8-7(9(15)11(17)12(22-21)10(8)16)5-1-3-6(4-2-5)23-13(18,19)20/h1-4,22H,21H2. The van der Waals surface area contributed by atoms with Gasteiger partial charge in [0.1, 0.15) is 11.4 Å². The highest BCUT2D eigenvalue weighted by Gasteiger charge is 2.31. The first-order valence-corrected chi connectivity index (χ1v) is 5.84.